The van der Waals surface area contributed by atoms with Crippen molar-refractivity contribution in [1.29, 1.82) is 0 Å². The highest BCUT2D eigenvalue weighted by Gasteiger charge is 2.19. The number of hydrogen-bond acceptors (Lipinski definition) is 5. The molecule has 2 heterocycles. The van der Waals surface area contributed by atoms with Crippen molar-refractivity contribution in [2.45, 2.75) is 6.04 Å². The lowest BCUT2D eigenvalue weighted by atomic mass is 10.1. The van der Waals surface area contributed by atoms with Gasteiger partial charge in [-0.15, -0.1) is 5.10 Å². The second-order valence-electron chi connectivity index (χ2n) is 4.44. The third-order valence-electron chi connectivity index (χ3n) is 3.10. The van der Waals surface area contributed by atoms with Crippen LogP contribution in [-0.4, -0.2) is 20.0 Å². The van der Waals surface area contributed by atoms with E-state index in [0.717, 1.165) is 11.9 Å². The smallest absolute Gasteiger partial charge is 0.141 e. The van der Waals surface area contributed by atoms with Crippen molar-refractivity contribution in [2.75, 3.05) is 0 Å². The fraction of sp³-hybridized carbons (Fsp3) is 0.0714. The first-order valence-corrected chi connectivity index (χ1v) is 6.32. The molecule has 0 aliphatic carbocycles. The number of hydrogen-bond donors (Lipinski definition) is 2. The summed E-state index contributed by atoms with van der Waals surface area (Å²) in [6, 6.07) is 10.4. The van der Waals surface area contributed by atoms with Crippen molar-refractivity contribution in [1.82, 2.24) is 25.4 Å². The molecule has 3 N–H and O–H groups in total. The zero-order chi connectivity index (χ0) is 14.7. The minimum Gasteiger partial charge on any atom is -0.271 e. The van der Waals surface area contributed by atoms with Gasteiger partial charge < -0.3 is 0 Å². The molecule has 106 valence electrons. The molecule has 2 aromatic heterocycles. The van der Waals surface area contributed by atoms with Crippen LogP contribution in [0.25, 0.3) is 5.69 Å². The quantitative estimate of drug-likeness (QED) is 0.558. The lowest BCUT2D eigenvalue weighted by molar-refractivity contribution is 0.577. The highest BCUT2D eigenvalue weighted by Crippen LogP contribution is 2.22. The maximum Gasteiger partial charge on any atom is 0.141 e. The largest absolute Gasteiger partial charge is 0.271 e. The van der Waals surface area contributed by atoms with E-state index < -0.39 is 11.9 Å². The molecule has 1 unspecified atom stereocenters. The minimum absolute atomic E-state index is 0.425. The molecule has 7 heteroatoms. The topological polar surface area (TPSA) is 81.7 Å². The van der Waals surface area contributed by atoms with Crippen LogP contribution in [0.3, 0.4) is 0 Å². The molecule has 0 radical (unpaired) electrons. The van der Waals surface area contributed by atoms with Gasteiger partial charge in [0.15, 0.2) is 0 Å². The van der Waals surface area contributed by atoms with Gasteiger partial charge in [0.1, 0.15) is 5.82 Å². The van der Waals surface area contributed by atoms with Crippen molar-refractivity contribution < 1.29 is 4.39 Å². The van der Waals surface area contributed by atoms with Crippen molar-refractivity contribution in [3.63, 3.8) is 0 Å². The summed E-state index contributed by atoms with van der Waals surface area (Å²) in [5.74, 6) is 5.20. The molecule has 0 saturated heterocycles. The minimum atomic E-state index is -0.469. The van der Waals surface area contributed by atoms with Gasteiger partial charge in [-0.1, -0.05) is 23.4 Å². The Kier molecular flexibility index (Phi) is 3.67. The number of aromatic nitrogens is 4. The monoisotopic (exact) mass is 284 g/mol. The third kappa shape index (κ3) is 2.64. The van der Waals surface area contributed by atoms with Gasteiger partial charge in [0, 0.05) is 6.20 Å². The Hall–Kier alpha value is -2.64. The van der Waals surface area contributed by atoms with Crippen molar-refractivity contribution in [3.05, 3.63) is 72.1 Å². The maximum absolute atomic E-state index is 13.4. The molecule has 0 aliphatic rings. The van der Waals surface area contributed by atoms with Crippen molar-refractivity contribution in [3.8, 4) is 5.69 Å². The van der Waals surface area contributed by atoms with E-state index in [0.29, 0.717) is 11.3 Å². The fourth-order valence-corrected chi connectivity index (χ4v) is 2.15. The predicted octanol–water partition coefficient (Wildman–Crippen LogP) is 1.35. The van der Waals surface area contributed by atoms with Crippen LogP contribution in [0, 0.1) is 5.82 Å². The second kappa shape index (κ2) is 5.78. The molecule has 3 aromatic rings. The molecule has 21 heavy (non-hydrogen) atoms. The second-order valence-corrected chi connectivity index (χ2v) is 4.44. The zero-order valence-corrected chi connectivity index (χ0v) is 11.0. The molecule has 0 bridgehead atoms. The Morgan fingerprint density at radius 1 is 1.14 bits per heavy atom. The Balaban J connectivity index is 2.05. The number of nitrogens with one attached hydrogen (secondary N) is 1. The van der Waals surface area contributed by atoms with Gasteiger partial charge in [0.25, 0.3) is 0 Å². The van der Waals surface area contributed by atoms with Crippen LogP contribution in [-0.2, 0) is 0 Å². The number of rotatable bonds is 4. The highest BCUT2D eigenvalue weighted by atomic mass is 19.1. The van der Waals surface area contributed by atoms with Gasteiger partial charge in [-0.25, -0.2) is 14.5 Å². The first-order chi connectivity index (χ1) is 10.3. The maximum atomic E-state index is 13.4. The van der Waals surface area contributed by atoms with Gasteiger partial charge >= 0.3 is 0 Å². The normalized spacial score (nSPS) is 12.3. The zero-order valence-electron chi connectivity index (χ0n) is 11.0. The average Bonchev–Trinajstić information content (AvgIpc) is 2.98. The predicted molar refractivity (Wildman–Crippen MR) is 74.7 cm³/mol. The Bertz CT molecular complexity index is 727. The van der Waals surface area contributed by atoms with Crippen molar-refractivity contribution >= 4 is 0 Å². The molecule has 6 nitrogen and oxygen atoms in total. The molecule has 0 spiro atoms. The Morgan fingerprint density at radius 3 is 2.67 bits per heavy atom. The SMILES string of the molecule is NNC(c1cncc(F)c1)c1cnnn1-c1ccccc1. The lowest BCUT2D eigenvalue weighted by Crippen LogP contribution is -2.30. The number of halogens is 1. The van der Waals surface area contributed by atoms with E-state index in [4.69, 9.17) is 5.84 Å². The van der Waals surface area contributed by atoms with Crippen LogP contribution >= 0.6 is 0 Å². The van der Waals surface area contributed by atoms with Gasteiger partial charge in [-0.05, 0) is 23.8 Å². The first-order valence-electron chi connectivity index (χ1n) is 6.32. The van der Waals surface area contributed by atoms with Crippen LogP contribution in [0.5, 0.6) is 0 Å². The van der Waals surface area contributed by atoms with E-state index in [9.17, 15) is 4.39 Å². The summed E-state index contributed by atoms with van der Waals surface area (Å²) in [6.45, 7) is 0. The molecular weight excluding hydrogens is 271 g/mol. The van der Waals surface area contributed by atoms with E-state index in [1.807, 2.05) is 30.3 Å². The summed E-state index contributed by atoms with van der Waals surface area (Å²) < 4.78 is 15.0. The van der Waals surface area contributed by atoms with Crippen LogP contribution in [0.4, 0.5) is 4.39 Å². The van der Waals surface area contributed by atoms with Gasteiger partial charge in [-0.3, -0.25) is 10.8 Å². The highest BCUT2D eigenvalue weighted by molar-refractivity contribution is 5.34. The van der Waals surface area contributed by atoms with Crippen molar-refractivity contribution in [2.24, 2.45) is 5.84 Å². The number of benzene rings is 1. The number of nitrogens with zero attached hydrogens (tertiary/aromatic N) is 4. The molecule has 0 amide bonds. The summed E-state index contributed by atoms with van der Waals surface area (Å²) >= 11 is 0. The number of pyridine rings is 1. The third-order valence-corrected chi connectivity index (χ3v) is 3.10. The van der Waals surface area contributed by atoms with Crippen LogP contribution in [0.15, 0.2) is 55.0 Å². The molecule has 3 rings (SSSR count). The van der Waals surface area contributed by atoms with E-state index >= 15 is 0 Å². The number of hydrazine groups is 1. The lowest BCUT2D eigenvalue weighted by Gasteiger charge is -2.17. The van der Waals surface area contributed by atoms with Gasteiger partial charge in [-0.2, -0.15) is 0 Å². The molecular formula is C14H13FN6. The molecule has 0 saturated carbocycles. The fourth-order valence-electron chi connectivity index (χ4n) is 2.15. The van der Waals surface area contributed by atoms with E-state index in [1.54, 1.807) is 17.1 Å². The Morgan fingerprint density at radius 2 is 1.95 bits per heavy atom. The summed E-state index contributed by atoms with van der Waals surface area (Å²) in [5.41, 5.74) is 4.78. The molecule has 1 aromatic carbocycles. The van der Waals surface area contributed by atoms with Crippen LogP contribution < -0.4 is 11.3 Å². The number of nitrogens with two attached hydrogens (primary N) is 1. The summed E-state index contributed by atoms with van der Waals surface area (Å²) in [4.78, 5) is 3.84. The molecule has 0 aliphatic heterocycles. The van der Waals surface area contributed by atoms with E-state index in [2.05, 4.69) is 20.7 Å². The van der Waals surface area contributed by atoms with Crippen LogP contribution in [0.1, 0.15) is 17.3 Å². The summed E-state index contributed by atoms with van der Waals surface area (Å²) in [6.07, 6.45) is 4.28. The molecule has 1 atom stereocenters. The van der Waals surface area contributed by atoms with E-state index in [-0.39, 0.29) is 0 Å². The Labute approximate surface area is 120 Å². The van der Waals surface area contributed by atoms with Crippen LogP contribution in [0.2, 0.25) is 0 Å². The number of para-hydroxylation sites is 1. The van der Waals surface area contributed by atoms with E-state index in [1.165, 1.54) is 6.07 Å². The summed E-state index contributed by atoms with van der Waals surface area (Å²) in [5, 5.41) is 7.98. The molecule has 0 fully saturated rings. The van der Waals surface area contributed by atoms with Gasteiger partial charge in [0.2, 0.25) is 0 Å². The van der Waals surface area contributed by atoms with Gasteiger partial charge in [0.05, 0.1) is 29.8 Å². The standard InChI is InChI=1S/C14H13FN6/c15-11-6-10(7-17-8-11)14(19-16)13-9-18-20-21(13)12-4-2-1-3-5-12/h1-9,14,19H,16H2. The average molecular weight is 284 g/mol. The summed E-state index contributed by atoms with van der Waals surface area (Å²) in [7, 11) is 0. The first kappa shape index (κ1) is 13.3.